The molecule has 0 fully saturated rings. The van der Waals surface area contributed by atoms with Crippen LogP contribution in [0.4, 0.5) is 11.4 Å². The average molecular weight is 297 g/mol. The van der Waals surface area contributed by atoms with Crippen molar-refractivity contribution >= 4 is 40.5 Å². The van der Waals surface area contributed by atoms with Crippen LogP contribution in [0.2, 0.25) is 10.0 Å². The lowest BCUT2D eigenvalue weighted by atomic mass is 10.2. The van der Waals surface area contributed by atoms with Crippen LogP contribution >= 0.6 is 23.2 Å². The molecule has 2 rings (SSSR count). The molecule has 0 aromatic heterocycles. The Kier molecular flexibility index (Phi) is 3.83. The standard InChI is InChI=1S/C13H10Cl2N2O2/c14-11-5-7(16)4-10(12(11)15)13(19)17-8-2-1-3-9(18)6-8/h1-6,18H,16H2,(H,17,19). The Morgan fingerprint density at radius 3 is 2.63 bits per heavy atom. The van der Waals surface area contributed by atoms with E-state index in [1.807, 2.05) is 0 Å². The fourth-order valence-corrected chi connectivity index (χ4v) is 1.98. The lowest BCUT2D eigenvalue weighted by molar-refractivity contribution is 0.102. The van der Waals surface area contributed by atoms with Crippen LogP contribution in [0, 0.1) is 0 Å². The van der Waals surface area contributed by atoms with Gasteiger partial charge < -0.3 is 16.2 Å². The number of benzene rings is 2. The van der Waals surface area contributed by atoms with Gasteiger partial charge in [0.2, 0.25) is 0 Å². The van der Waals surface area contributed by atoms with Crippen molar-refractivity contribution in [2.45, 2.75) is 0 Å². The van der Waals surface area contributed by atoms with Crippen molar-refractivity contribution in [1.82, 2.24) is 0 Å². The molecule has 19 heavy (non-hydrogen) atoms. The number of phenols is 1. The Hall–Kier alpha value is -1.91. The first-order chi connectivity index (χ1) is 8.97. The largest absolute Gasteiger partial charge is 0.508 e. The molecule has 4 N–H and O–H groups in total. The molecule has 98 valence electrons. The molecule has 0 aliphatic carbocycles. The monoisotopic (exact) mass is 296 g/mol. The van der Waals surface area contributed by atoms with Gasteiger partial charge in [-0.2, -0.15) is 0 Å². The predicted octanol–water partition coefficient (Wildman–Crippen LogP) is 3.53. The molecule has 0 unspecified atom stereocenters. The van der Waals surface area contributed by atoms with E-state index in [4.69, 9.17) is 28.9 Å². The predicted molar refractivity (Wildman–Crippen MR) is 76.9 cm³/mol. The first-order valence-corrected chi connectivity index (χ1v) is 6.08. The SMILES string of the molecule is Nc1cc(Cl)c(Cl)c(C(=O)Nc2cccc(O)c2)c1. The molecule has 0 bridgehead atoms. The third kappa shape index (κ3) is 3.10. The van der Waals surface area contributed by atoms with Gasteiger partial charge in [-0.15, -0.1) is 0 Å². The number of phenolic OH excluding ortho intramolecular Hbond substituents is 1. The Labute approximate surface area is 119 Å². The second kappa shape index (κ2) is 5.38. The van der Waals surface area contributed by atoms with Gasteiger partial charge in [-0.25, -0.2) is 0 Å². The van der Waals surface area contributed by atoms with Gasteiger partial charge in [0.25, 0.3) is 5.91 Å². The number of carbonyl (C=O) groups excluding carboxylic acids is 1. The van der Waals surface area contributed by atoms with Crippen LogP contribution in [0.25, 0.3) is 0 Å². The van der Waals surface area contributed by atoms with E-state index in [9.17, 15) is 9.90 Å². The topological polar surface area (TPSA) is 75.4 Å². The number of hydrogen-bond acceptors (Lipinski definition) is 3. The van der Waals surface area contributed by atoms with Crippen LogP contribution in [-0.4, -0.2) is 11.0 Å². The molecule has 0 heterocycles. The Morgan fingerprint density at radius 1 is 1.21 bits per heavy atom. The van der Waals surface area contributed by atoms with E-state index in [-0.39, 0.29) is 21.4 Å². The number of aromatic hydroxyl groups is 1. The summed E-state index contributed by atoms with van der Waals surface area (Å²) in [6, 6.07) is 9.07. The van der Waals surface area contributed by atoms with Crippen LogP contribution < -0.4 is 11.1 Å². The van der Waals surface area contributed by atoms with E-state index in [0.29, 0.717) is 11.4 Å². The highest BCUT2D eigenvalue weighted by Crippen LogP contribution is 2.29. The number of rotatable bonds is 2. The van der Waals surface area contributed by atoms with E-state index in [1.165, 1.54) is 24.3 Å². The number of hydrogen-bond donors (Lipinski definition) is 3. The lowest BCUT2D eigenvalue weighted by Gasteiger charge is -2.09. The van der Waals surface area contributed by atoms with Gasteiger partial charge in [0.15, 0.2) is 0 Å². The second-order valence-electron chi connectivity index (χ2n) is 3.87. The molecule has 0 saturated heterocycles. The highest BCUT2D eigenvalue weighted by Gasteiger charge is 2.14. The van der Waals surface area contributed by atoms with Crippen molar-refractivity contribution in [2.24, 2.45) is 0 Å². The fraction of sp³-hybridized carbons (Fsp3) is 0. The van der Waals surface area contributed by atoms with Gasteiger partial charge in [-0.1, -0.05) is 29.3 Å². The molecule has 0 radical (unpaired) electrons. The summed E-state index contributed by atoms with van der Waals surface area (Å²) in [6.07, 6.45) is 0. The molecule has 2 aromatic carbocycles. The van der Waals surface area contributed by atoms with Crippen LogP contribution in [0.3, 0.4) is 0 Å². The minimum atomic E-state index is -0.454. The van der Waals surface area contributed by atoms with E-state index < -0.39 is 5.91 Å². The molecule has 0 aliphatic heterocycles. The van der Waals surface area contributed by atoms with Crippen LogP contribution in [0.5, 0.6) is 5.75 Å². The molecular weight excluding hydrogens is 287 g/mol. The van der Waals surface area contributed by atoms with Crippen molar-refractivity contribution in [1.29, 1.82) is 0 Å². The first-order valence-electron chi connectivity index (χ1n) is 5.32. The number of anilines is 2. The molecule has 1 amide bonds. The molecular formula is C13H10Cl2N2O2. The summed E-state index contributed by atoms with van der Waals surface area (Å²) in [7, 11) is 0. The van der Waals surface area contributed by atoms with Gasteiger partial charge >= 0.3 is 0 Å². The Morgan fingerprint density at radius 2 is 1.95 bits per heavy atom. The van der Waals surface area contributed by atoms with Gasteiger partial charge in [-0.05, 0) is 24.3 Å². The minimum Gasteiger partial charge on any atom is -0.508 e. The van der Waals surface area contributed by atoms with Crippen molar-refractivity contribution in [3.8, 4) is 5.75 Å². The maximum atomic E-state index is 12.1. The van der Waals surface area contributed by atoms with Gasteiger partial charge in [0.1, 0.15) is 5.75 Å². The first kappa shape index (κ1) is 13.5. The molecule has 4 nitrogen and oxygen atoms in total. The zero-order chi connectivity index (χ0) is 14.0. The highest BCUT2D eigenvalue weighted by molar-refractivity contribution is 6.44. The zero-order valence-corrected chi connectivity index (χ0v) is 11.2. The summed E-state index contributed by atoms with van der Waals surface area (Å²) in [5.41, 5.74) is 6.58. The smallest absolute Gasteiger partial charge is 0.257 e. The van der Waals surface area contributed by atoms with Crippen LogP contribution in [-0.2, 0) is 0 Å². The Bertz CT molecular complexity index is 645. The normalized spacial score (nSPS) is 10.2. The summed E-state index contributed by atoms with van der Waals surface area (Å²) < 4.78 is 0. The van der Waals surface area contributed by atoms with Crippen LogP contribution in [0.15, 0.2) is 36.4 Å². The average Bonchev–Trinajstić information content (AvgIpc) is 2.33. The van der Waals surface area contributed by atoms with Gasteiger partial charge in [0, 0.05) is 17.4 Å². The molecule has 6 heteroatoms. The summed E-state index contributed by atoms with van der Waals surface area (Å²) in [5.74, 6) is -0.403. The molecule has 0 spiro atoms. The van der Waals surface area contributed by atoms with Crippen LogP contribution in [0.1, 0.15) is 10.4 Å². The number of amides is 1. The van der Waals surface area contributed by atoms with Crippen molar-refractivity contribution in [3.63, 3.8) is 0 Å². The molecule has 0 saturated carbocycles. The number of halogens is 2. The van der Waals surface area contributed by atoms with E-state index >= 15 is 0 Å². The summed E-state index contributed by atoms with van der Waals surface area (Å²) in [4.78, 5) is 12.1. The molecule has 2 aromatic rings. The highest BCUT2D eigenvalue weighted by atomic mass is 35.5. The summed E-state index contributed by atoms with van der Waals surface area (Å²) >= 11 is 11.8. The third-order valence-electron chi connectivity index (χ3n) is 2.40. The van der Waals surface area contributed by atoms with E-state index in [1.54, 1.807) is 12.1 Å². The maximum absolute atomic E-state index is 12.1. The van der Waals surface area contributed by atoms with E-state index in [2.05, 4.69) is 5.32 Å². The number of nitrogen functional groups attached to an aromatic ring is 1. The second-order valence-corrected chi connectivity index (χ2v) is 4.65. The fourth-order valence-electron chi connectivity index (χ4n) is 1.56. The van der Waals surface area contributed by atoms with E-state index in [0.717, 1.165) is 0 Å². The number of nitrogens with two attached hydrogens (primary N) is 1. The lowest BCUT2D eigenvalue weighted by Crippen LogP contribution is -2.13. The molecule has 0 aliphatic rings. The zero-order valence-electron chi connectivity index (χ0n) is 9.65. The van der Waals surface area contributed by atoms with Crippen molar-refractivity contribution < 1.29 is 9.90 Å². The Balaban J connectivity index is 2.30. The van der Waals surface area contributed by atoms with Crippen molar-refractivity contribution in [3.05, 3.63) is 52.0 Å². The third-order valence-corrected chi connectivity index (χ3v) is 3.20. The molecule has 0 atom stereocenters. The number of carbonyl (C=O) groups is 1. The summed E-state index contributed by atoms with van der Waals surface area (Å²) in [6.45, 7) is 0. The van der Waals surface area contributed by atoms with Gasteiger partial charge in [0.05, 0.1) is 15.6 Å². The minimum absolute atomic E-state index is 0.0505. The quantitative estimate of drug-likeness (QED) is 0.742. The number of nitrogens with one attached hydrogen (secondary N) is 1. The maximum Gasteiger partial charge on any atom is 0.257 e. The summed E-state index contributed by atoms with van der Waals surface area (Å²) in [5, 5.41) is 12.3. The van der Waals surface area contributed by atoms with Crippen molar-refractivity contribution in [2.75, 3.05) is 11.1 Å². The van der Waals surface area contributed by atoms with Gasteiger partial charge in [-0.3, -0.25) is 4.79 Å².